The summed E-state index contributed by atoms with van der Waals surface area (Å²) in [4.78, 5) is 0. The molecule has 3 rings (SSSR count). The Labute approximate surface area is 104 Å². The molecule has 0 spiro atoms. The second kappa shape index (κ2) is 4.33. The molecule has 0 aliphatic carbocycles. The molecule has 0 heterocycles. The fraction of sp³-hybridized carbons (Fsp3) is 0. The van der Waals surface area contributed by atoms with Gasteiger partial charge in [-0.15, -0.1) is 0 Å². The Morgan fingerprint density at radius 1 is 0.778 bits per heavy atom. The van der Waals surface area contributed by atoms with Gasteiger partial charge in [0.05, 0.1) is 0 Å². The average molecular weight is 238 g/mol. The summed E-state index contributed by atoms with van der Waals surface area (Å²) >= 11 is 0. The lowest BCUT2D eigenvalue weighted by Crippen LogP contribution is -2.20. The topological polar surface area (TPSA) is 49.7 Å². The van der Waals surface area contributed by atoms with Crippen LogP contribution in [0.3, 0.4) is 0 Å². The standard InChI is InChI=1S/C14H11BO3/c16-15(17)18-14-12-7-3-1-5-10(12)9-11-6-2-4-8-13(11)14/h1-9,16-17H. The van der Waals surface area contributed by atoms with Crippen molar-refractivity contribution >= 4 is 28.9 Å². The van der Waals surface area contributed by atoms with Crippen molar-refractivity contribution in [1.82, 2.24) is 0 Å². The molecular formula is C14H11BO3. The monoisotopic (exact) mass is 238 g/mol. The fourth-order valence-electron chi connectivity index (χ4n) is 2.20. The molecule has 0 atom stereocenters. The third-order valence-corrected chi connectivity index (χ3v) is 2.95. The van der Waals surface area contributed by atoms with E-state index in [1.165, 1.54) is 0 Å². The van der Waals surface area contributed by atoms with Gasteiger partial charge in [-0.3, -0.25) is 0 Å². The van der Waals surface area contributed by atoms with Gasteiger partial charge in [0.1, 0.15) is 5.75 Å². The molecule has 3 aromatic carbocycles. The summed E-state index contributed by atoms with van der Waals surface area (Å²) in [6.07, 6.45) is 0. The minimum Gasteiger partial charge on any atom is -0.511 e. The molecule has 2 N–H and O–H groups in total. The molecule has 88 valence electrons. The summed E-state index contributed by atoms with van der Waals surface area (Å²) in [5.41, 5.74) is 0. The maximum absolute atomic E-state index is 9.06. The summed E-state index contributed by atoms with van der Waals surface area (Å²) < 4.78 is 5.15. The van der Waals surface area contributed by atoms with E-state index < -0.39 is 7.32 Å². The van der Waals surface area contributed by atoms with Crippen LogP contribution in [-0.4, -0.2) is 17.4 Å². The van der Waals surface area contributed by atoms with E-state index in [4.69, 9.17) is 14.7 Å². The van der Waals surface area contributed by atoms with Crippen LogP contribution in [0.5, 0.6) is 5.75 Å². The molecule has 0 amide bonds. The third kappa shape index (κ3) is 1.81. The van der Waals surface area contributed by atoms with E-state index in [2.05, 4.69) is 6.07 Å². The average Bonchev–Trinajstić information content (AvgIpc) is 2.38. The maximum Gasteiger partial charge on any atom is 0.707 e. The van der Waals surface area contributed by atoms with Crippen molar-refractivity contribution in [2.75, 3.05) is 0 Å². The van der Waals surface area contributed by atoms with Crippen LogP contribution in [0, 0.1) is 0 Å². The first-order valence-electron chi connectivity index (χ1n) is 5.69. The van der Waals surface area contributed by atoms with Gasteiger partial charge in [-0.1, -0.05) is 48.5 Å². The lowest BCUT2D eigenvalue weighted by molar-refractivity contribution is 0.291. The van der Waals surface area contributed by atoms with E-state index in [0.29, 0.717) is 5.75 Å². The summed E-state index contributed by atoms with van der Waals surface area (Å²) in [7, 11) is -1.82. The van der Waals surface area contributed by atoms with Crippen molar-refractivity contribution in [2.24, 2.45) is 0 Å². The molecule has 3 nitrogen and oxygen atoms in total. The van der Waals surface area contributed by atoms with Crippen molar-refractivity contribution in [3.8, 4) is 5.75 Å². The molecule has 3 aromatic rings. The lowest BCUT2D eigenvalue weighted by atomic mass is 10.0. The minimum absolute atomic E-state index is 0.499. The van der Waals surface area contributed by atoms with Crippen molar-refractivity contribution in [3.63, 3.8) is 0 Å². The van der Waals surface area contributed by atoms with Gasteiger partial charge in [0.15, 0.2) is 0 Å². The van der Waals surface area contributed by atoms with Crippen molar-refractivity contribution in [3.05, 3.63) is 54.6 Å². The van der Waals surface area contributed by atoms with Crippen LogP contribution in [0.25, 0.3) is 21.5 Å². The van der Waals surface area contributed by atoms with Crippen LogP contribution in [0.4, 0.5) is 0 Å². The Balaban J connectivity index is 2.41. The SMILES string of the molecule is OB(O)Oc1c2ccccc2cc2ccccc12. The third-order valence-electron chi connectivity index (χ3n) is 2.95. The van der Waals surface area contributed by atoms with Gasteiger partial charge in [-0.2, -0.15) is 0 Å². The molecule has 0 radical (unpaired) electrons. The number of fused-ring (bicyclic) bond motifs is 2. The van der Waals surface area contributed by atoms with Gasteiger partial charge in [-0.05, 0) is 16.8 Å². The van der Waals surface area contributed by atoms with Crippen molar-refractivity contribution < 1.29 is 14.7 Å². The molecule has 0 aromatic heterocycles. The first kappa shape index (κ1) is 11.1. The maximum atomic E-state index is 9.06. The highest BCUT2D eigenvalue weighted by molar-refractivity contribution is 6.34. The Kier molecular flexibility index (Phi) is 2.66. The predicted octanol–water partition coefficient (Wildman–Crippen LogP) is 2.34. The molecule has 0 bridgehead atoms. The second-order valence-corrected chi connectivity index (χ2v) is 4.09. The molecule has 18 heavy (non-hydrogen) atoms. The van der Waals surface area contributed by atoms with E-state index in [9.17, 15) is 0 Å². The van der Waals surface area contributed by atoms with Gasteiger partial charge in [0.2, 0.25) is 0 Å². The molecule has 0 saturated heterocycles. The highest BCUT2D eigenvalue weighted by Gasteiger charge is 2.16. The fourth-order valence-corrected chi connectivity index (χ4v) is 2.20. The molecule has 0 fully saturated rings. The zero-order chi connectivity index (χ0) is 12.5. The predicted molar refractivity (Wildman–Crippen MR) is 72.3 cm³/mol. The first-order chi connectivity index (χ1) is 8.75. The largest absolute Gasteiger partial charge is 0.707 e. The number of hydrogen-bond donors (Lipinski definition) is 2. The Morgan fingerprint density at radius 2 is 1.28 bits per heavy atom. The molecule has 0 aliphatic rings. The second-order valence-electron chi connectivity index (χ2n) is 4.09. The molecule has 0 aliphatic heterocycles. The Hall–Kier alpha value is -2.04. The molecule has 0 unspecified atom stereocenters. The van der Waals surface area contributed by atoms with Crippen molar-refractivity contribution in [2.45, 2.75) is 0 Å². The van der Waals surface area contributed by atoms with Gasteiger partial charge in [0.25, 0.3) is 0 Å². The van der Waals surface area contributed by atoms with E-state index in [1.54, 1.807) is 0 Å². The quantitative estimate of drug-likeness (QED) is 0.532. The highest BCUT2D eigenvalue weighted by atomic mass is 16.6. The van der Waals surface area contributed by atoms with E-state index in [1.807, 2.05) is 48.5 Å². The zero-order valence-electron chi connectivity index (χ0n) is 9.58. The van der Waals surface area contributed by atoms with Crippen LogP contribution in [0.15, 0.2) is 54.6 Å². The lowest BCUT2D eigenvalue weighted by Gasteiger charge is -2.12. The normalized spacial score (nSPS) is 10.8. The number of hydrogen-bond acceptors (Lipinski definition) is 3. The minimum atomic E-state index is -1.82. The van der Waals surface area contributed by atoms with Gasteiger partial charge < -0.3 is 14.7 Å². The van der Waals surface area contributed by atoms with Crippen LogP contribution in [0.1, 0.15) is 0 Å². The van der Waals surface area contributed by atoms with E-state index in [-0.39, 0.29) is 0 Å². The Bertz CT molecular complexity index is 656. The molecular weight excluding hydrogens is 227 g/mol. The molecule has 0 saturated carbocycles. The first-order valence-corrected chi connectivity index (χ1v) is 5.69. The number of benzene rings is 3. The van der Waals surface area contributed by atoms with Gasteiger partial charge in [0, 0.05) is 10.8 Å². The van der Waals surface area contributed by atoms with Crippen LogP contribution >= 0.6 is 0 Å². The summed E-state index contributed by atoms with van der Waals surface area (Å²) in [6, 6.07) is 17.5. The summed E-state index contributed by atoms with van der Waals surface area (Å²) in [5, 5.41) is 21.9. The summed E-state index contributed by atoms with van der Waals surface area (Å²) in [5.74, 6) is 0.499. The zero-order valence-corrected chi connectivity index (χ0v) is 9.58. The van der Waals surface area contributed by atoms with E-state index in [0.717, 1.165) is 21.5 Å². The highest BCUT2D eigenvalue weighted by Crippen LogP contribution is 2.34. The Morgan fingerprint density at radius 3 is 1.78 bits per heavy atom. The van der Waals surface area contributed by atoms with E-state index >= 15 is 0 Å². The summed E-state index contributed by atoms with van der Waals surface area (Å²) in [6.45, 7) is 0. The van der Waals surface area contributed by atoms with Crippen LogP contribution in [-0.2, 0) is 0 Å². The van der Waals surface area contributed by atoms with Gasteiger partial charge in [-0.25, -0.2) is 0 Å². The number of rotatable bonds is 2. The molecule has 4 heteroatoms. The van der Waals surface area contributed by atoms with Crippen molar-refractivity contribution in [1.29, 1.82) is 0 Å². The van der Waals surface area contributed by atoms with Crippen LogP contribution in [0.2, 0.25) is 0 Å². The smallest absolute Gasteiger partial charge is 0.511 e. The van der Waals surface area contributed by atoms with Gasteiger partial charge >= 0.3 is 7.32 Å². The van der Waals surface area contributed by atoms with Crippen LogP contribution < -0.4 is 4.65 Å².